The third-order valence-electron chi connectivity index (χ3n) is 4.46. The SMILES string of the molecule is C=CC(C)(O)CC[C@H](C)CCC[C@H](C)CCCC(C)C. The van der Waals surface area contributed by atoms with Crippen LogP contribution in [0.3, 0.4) is 0 Å². The van der Waals surface area contributed by atoms with Gasteiger partial charge in [0.25, 0.3) is 0 Å². The fourth-order valence-electron chi connectivity index (χ4n) is 2.62. The molecule has 0 aromatic heterocycles. The molecule has 0 saturated carbocycles. The van der Waals surface area contributed by atoms with Gasteiger partial charge in [0.05, 0.1) is 5.60 Å². The molecule has 0 fully saturated rings. The molecule has 0 spiro atoms. The van der Waals surface area contributed by atoms with E-state index in [9.17, 15) is 5.11 Å². The Morgan fingerprint density at radius 2 is 1.35 bits per heavy atom. The summed E-state index contributed by atoms with van der Waals surface area (Å²) in [4.78, 5) is 0. The Balaban J connectivity index is 3.60. The molecule has 0 aromatic carbocycles. The lowest BCUT2D eigenvalue weighted by Gasteiger charge is -2.21. The second kappa shape index (κ2) is 10.4. The zero-order valence-electron chi connectivity index (χ0n) is 14.6. The van der Waals surface area contributed by atoms with Crippen LogP contribution in [0.15, 0.2) is 12.7 Å². The highest BCUT2D eigenvalue weighted by Gasteiger charge is 2.16. The number of aliphatic hydroxyl groups is 1. The van der Waals surface area contributed by atoms with Crippen molar-refractivity contribution in [2.24, 2.45) is 17.8 Å². The van der Waals surface area contributed by atoms with E-state index in [1.165, 1.54) is 38.5 Å². The molecule has 1 N–H and O–H groups in total. The molecule has 3 atom stereocenters. The summed E-state index contributed by atoms with van der Waals surface area (Å²) < 4.78 is 0. The van der Waals surface area contributed by atoms with E-state index in [1.54, 1.807) is 6.08 Å². The number of hydrogen-bond donors (Lipinski definition) is 1. The van der Waals surface area contributed by atoms with Gasteiger partial charge in [-0.15, -0.1) is 6.58 Å². The van der Waals surface area contributed by atoms with E-state index in [0.717, 1.165) is 24.7 Å². The number of rotatable bonds is 12. The largest absolute Gasteiger partial charge is 0.386 e. The average molecular weight is 283 g/mol. The first kappa shape index (κ1) is 19.7. The van der Waals surface area contributed by atoms with Gasteiger partial charge in [-0.1, -0.05) is 72.3 Å². The van der Waals surface area contributed by atoms with Crippen LogP contribution in [0.2, 0.25) is 0 Å². The average Bonchev–Trinajstić information content (AvgIpc) is 2.36. The van der Waals surface area contributed by atoms with Gasteiger partial charge in [-0.3, -0.25) is 0 Å². The van der Waals surface area contributed by atoms with Gasteiger partial charge in [0.1, 0.15) is 0 Å². The molecule has 1 unspecified atom stereocenters. The summed E-state index contributed by atoms with van der Waals surface area (Å²) in [5.41, 5.74) is -0.682. The van der Waals surface area contributed by atoms with Crippen molar-refractivity contribution in [1.29, 1.82) is 0 Å². The molecule has 120 valence electrons. The van der Waals surface area contributed by atoms with Crippen LogP contribution in [0.1, 0.15) is 86.0 Å². The minimum atomic E-state index is -0.682. The molecule has 0 aliphatic carbocycles. The molecule has 0 aliphatic rings. The van der Waals surface area contributed by atoms with Crippen molar-refractivity contribution in [2.45, 2.75) is 91.6 Å². The summed E-state index contributed by atoms with van der Waals surface area (Å²) >= 11 is 0. The first-order valence-corrected chi connectivity index (χ1v) is 8.62. The smallest absolute Gasteiger partial charge is 0.0797 e. The van der Waals surface area contributed by atoms with Crippen LogP contribution < -0.4 is 0 Å². The highest BCUT2D eigenvalue weighted by atomic mass is 16.3. The third kappa shape index (κ3) is 11.5. The molecule has 0 heterocycles. The minimum absolute atomic E-state index is 0.682. The summed E-state index contributed by atoms with van der Waals surface area (Å²) in [7, 11) is 0. The topological polar surface area (TPSA) is 20.2 Å². The fraction of sp³-hybridized carbons (Fsp3) is 0.895. The summed E-state index contributed by atoms with van der Waals surface area (Å²) in [5.74, 6) is 2.43. The maximum Gasteiger partial charge on any atom is 0.0797 e. The maximum atomic E-state index is 9.91. The quantitative estimate of drug-likeness (QED) is 0.437. The Kier molecular flexibility index (Phi) is 10.3. The molecule has 1 nitrogen and oxygen atoms in total. The Labute approximate surface area is 127 Å². The predicted octanol–water partition coefficient (Wildman–Crippen LogP) is 5.97. The summed E-state index contributed by atoms with van der Waals surface area (Å²) in [6.07, 6.45) is 11.7. The summed E-state index contributed by atoms with van der Waals surface area (Å²) in [6, 6.07) is 0. The third-order valence-corrected chi connectivity index (χ3v) is 4.46. The van der Waals surface area contributed by atoms with Crippen molar-refractivity contribution in [3.05, 3.63) is 12.7 Å². The fourth-order valence-corrected chi connectivity index (χ4v) is 2.62. The first-order valence-electron chi connectivity index (χ1n) is 8.62. The van der Waals surface area contributed by atoms with Crippen LogP contribution in [-0.2, 0) is 0 Å². The van der Waals surface area contributed by atoms with Crippen LogP contribution in [0.5, 0.6) is 0 Å². The Morgan fingerprint density at radius 1 is 0.900 bits per heavy atom. The zero-order valence-corrected chi connectivity index (χ0v) is 14.6. The maximum absolute atomic E-state index is 9.91. The predicted molar refractivity (Wildman–Crippen MR) is 90.9 cm³/mol. The van der Waals surface area contributed by atoms with Gasteiger partial charge in [-0.2, -0.15) is 0 Å². The standard InChI is InChI=1S/C19H38O/c1-7-19(6,20)15-14-18(5)13-9-12-17(4)11-8-10-16(2)3/h7,16-18,20H,1,8-15H2,2-6H3/t17-,18-,19?/m1/s1. The minimum Gasteiger partial charge on any atom is -0.386 e. The van der Waals surface area contributed by atoms with Crippen molar-refractivity contribution in [1.82, 2.24) is 0 Å². The summed E-state index contributed by atoms with van der Waals surface area (Å²) in [5, 5.41) is 9.91. The van der Waals surface area contributed by atoms with Gasteiger partial charge >= 0.3 is 0 Å². The zero-order chi connectivity index (χ0) is 15.6. The Morgan fingerprint density at radius 3 is 1.80 bits per heavy atom. The lowest BCUT2D eigenvalue weighted by Crippen LogP contribution is -2.21. The van der Waals surface area contributed by atoms with Crippen LogP contribution in [0.4, 0.5) is 0 Å². The van der Waals surface area contributed by atoms with Gasteiger partial charge in [0.2, 0.25) is 0 Å². The van der Waals surface area contributed by atoms with E-state index >= 15 is 0 Å². The van der Waals surface area contributed by atoms with Gasteiger partial charge in [0, 0.05) is 0 Å². The van der Waals surface area contributed by atoms with E-state index in [1.807, 2.05) is 6.92 Å². The molecular formula is C19H38O. The molecule has 0 aromatic rings. The lowest BCUT2D eigenvalue weighted by atomic mass is 9.89. The molecular weight excluding hydrogens is 244 g/mol. The lowest BCUT2D eigenvalue weighted by molar-refractivity contribution is 0.0939. The molecule has 0 rings (SSSR count). The highest BCUT2D eigenvalue weighted by molar-refractivity contribution is 4.91. The van der Waals surface area contributed by atoms with Crippen molar-refractivity contribution >= 4 is 0 Å². The highest BCUT2D eigenvalue weighted by Crippen LogP contribution is 2.23. The first-order chi connectivity index (χ1) is 9.26. The van der Waals surface area contributed by atoms with E-state index in [4.69, 9.17) is 0 Å². The summed E-state index contributed by atoms with van der Waals surface area (Å²) in [6.45, 7) is 14.9. The van der Waals surface area contributed by atoms with Crippen LogP contribution in [-0.4, -0.2) is 10.7 Å². The molecule has 0 amide bonds. The molecule has 20 heavy (non-hydrogen) atoms. The Hall–Kier alpha value is -0.300. The van der Waals surface area contributed by atoms with E-state index in [0.29, 0.717) is 5.92 Å². The van der Waals surface area contributed by atoms with Gasteiger partial charge in [0.15, 0.2) is 0 Å². The van der Waals surface area contributed by atoms with E-state index in [2.05, 4.69) is 34.3 Å². The van der Waals surface area contributed by atoms with Crippen molar-refractivity contribution in [3.8, 4) is 0 Å². The normalized spacial score (nSPS) is 17.8. The van der Waals surface area contributed by atoms with Crippen LogP contribution >= 0.6 is 0 Å². The van der Waals surface area contributed by atoms with Gasteiger partial charge in [-0.25, -0.2) is 0 Å². The van der Waals surface area contributed by atoms with Crippen LogP contribution in [0.25, 0.3) is 0 Å². The van der Waals surface area contributed by atoms with Crippen molar-refractivity contribution in [3.63, 3.8) is 0 Å². The van der Waals surface area contributed by atoms with E-state index in [-0.39, 0.29) is 0 Å². The van der Waals surface area contributed by atoms with Gasteiger partial charge in [-0.05, 0) is 37.5 Å². The van der Waals surface area contributed by atoms with Crippen LogP contribution in [0, 0.1) is 17.8 Å². The second-order valence-electron chi connectivity index (χ2n) is 7.57. The Bertz CT molecular complexity index is 242. The molecule has 0 bridgehead atoms. The van der Waals surface area contributed by atoms with Gasteiger partial charge < -0.3 is 5.11 Å². The van der Waals surface area contributed by atoms with E-state index < -0.39 is 5.60 Å². The number of hydrogen-bond acceptors (Lipinski definition) is 1. The second-order valence-corrected chi connectivity index (χ2v) is 7.57. The van der Waals surface area contributed by atoms with Crippen molar-refractivity contribution < 1.29 is 5.11 Å². The molecule has 0 aliphatic heterocycles. The molecule has 0 radical (unpaired) electrons. The monoisotopic (exact) mass is 282 g/mol. The molecule has 0 saturated heterocycles. The van der Waals surface area contributed by atoms with Crippen molar-refractivity contribution in [2.75, 3.05) is 0 Å². The molecule has 1 heteroatoms.